The minimum Gasteiger partial charge on any atom is -0.267 e. The number of halogens is 3. The fraction of sp³-hybridized carbons (Fsp3) is 0.0667. The van der Waals surface area contributed by atoms with Crippen LogP contribution in [0.15, 0.2) is 48.5 Å². The van der Waals surface area contributed by atoms with E-state index >= 15 is 0 Å². The first-order valence-electron chi connectivity index (χ1n) is 6.71. The molecule has 25 heavy (non-hydrogen) atoms. The molecule has 2 rings (SSSR count). The minimum atomic E-state index is -4.61. The lowest BCUT2D eigenvalue weighted by Gasteiger charge is -2.10. The summed E-state index contributed by atoms with van der Waals surface area (Å²) in [5, 5.41) is 10.7. The van der Waals surface area contributed by atoms with E-state index in [4.69, 9.17) is 0 Å². The molecule has 0 aliphatic rings. The monoisotopic (exact) mass is 353 g/mol. The standard InChI is InChI=1S/C15H10F3N3O4/c16-15(17,18)11-5-1-3-9(7-11)13(22)19-20-14(23)10-4-2-6-12(8-10)21(24)25/h1-8H,(H,19,22)(H,20,23). The number of hydrogen-bond acceptors (Lipinski definition) is 4. The number of nitro groups is 1. The summed E-state index contributed by atoms with van der Waals surface area (Å²) in [5.74, 6) is -1.83. The first-order valence-corrected chi connectivity index (χ1v) is 6.71. The van der Waals surface area contributed by atoms with Gasteiger partial charge in [-0.05, 0) is 24.3 Å². The van der Waals surface area contributed by atoms with Crippen LogP contribution in [0.2, 0.25) is 0 Å². The van der Waals surface area contributed by atoms with Crippen LogP contribution in [0.5, 0.6) is 0 Å². The van der Waals surface area contributed by atoms with Crippen molar-refractivity contribution in [2.24, 2.45) is 0 Å². The Morgan fingerprint density at radius 3 is 1.96 bits per heavy atom. The molecule has 0 bridgehead atoms. The second-order valence-electron chi connectivity index (χ2n) is 4.79. The topological polar surface area (TPSA) is 101 Å². The van der Waals surface area contributed by atoms with Gasteiger partial charge in [-0.2, -0.15) is 13.2 Å². The molecule has 0 spiro atoms. The number of benzene rings is 2. The van der Waals surface area contributed by atoms with Crippen LogP contribution in [0.4, 0.5) is 18.9 Å². The molecular formula is C15H10F3N3O4. The molecule has 10 heteroatoms. The molecule has 0 heterocycles. The summed E-state index contributed by atoms with van der Waals surface area (Å²) >= 11 is 0. The maximum Gasteiger partial charge on any atom is 0.416 e. The van der Waals surface area contributed by atoms with Crippen LogP contribution >= 0.6 is 0 Å². The molecule has 0 atom stereocenters. The number of non-ortho nitro benzene ring substituents is 1. The van der Waals surface area contributed by atoms with Crippen molar-refractivity contribution in [2.75, 3.05) is 0 Å². The van der Waals surface area contributed by atoms with Gasteiger partial charge in [0.05, 0.1) is 10.5 Å². The molecule has 0 aromatic heterocycles. The predicted octanol–water partition coefficient (Wildman–Crippen LogP) is 2.69. The zero-order chi connectivity index (χ0) is 18.6. The largest absolute Gasteiger partial charge is 0.416 e. The first kappa shape index (κ1) is 17.9. The first-order chi connectivity index (χ1) is 11.7. The van der Waals surface area contributed by atoms with Crippen molar-refractivity contribution >= 4 is 17.5 Å². The zero-order valence-corrected chi connectivity index (χ0v) is 12.3. The number of nitro benzene ring substituents is 1. The van der Waals surface area contributed by atoms with Crippen LogP contribution in [0.3, 0.4) is 0 Å². The number of nitrogens with zero attached hydrogens (tertiary/aromatic N) is 1. The van der Waals surface area contributed by atoms with Gasteiger partial charge < -0.3 is 0 Å². The number of nitrogens with one attached hydrogen (secondary N) is 2. The number of carbonyl (C=O) groups is 2. The van der Waals surface area contributed by atoms with Gasteiger partial charge in [-0.15, -0.1) is 0 Å². The smallest absolute Gasteiger partial charge is 0.267 e. The van der Waals surface area contributed by atoms with Crippen molar-refractivity contribution in [1.82, 2.24) is 10.9 Å². The van der Waals surface area contributed by atoms with E-state index in [2.05, 4.69) is 0 Å². The Kier molecular flexibility index (Phi) is 5.01. The molecular weight excluding hydrogens is 343 g/mol. The fourth-order valence-corrected chi connectivity index (χ4v) is 1.86. The lowest BCUT2D eigenvalue weighted by Crippen LogP contribution is -2.41. The van der Waals surface area contributed by atoms with Crippen LogP contribution < -0.4 is 10.9 Å². The summed E-state index contributed by atoms with van der Waals surface area (Å²) in [6.45, 7) is 0. The van der Waals surface area contributed by atoms with Crippen molar-refractivity contribution < 1.29 is 27.7 Å². The molecule has 7 nitrogen and oxygen atoms in total. The minimum absolute atomic E-state index is 0.0986. The molecule has 2 amide bonds. The van der Waals surface area contributed by atoms with E-state index in [1.807, 2.05) is 10.9 Å². The molecule has 2 aromatic carbocycles. The molecule has 0 saturated heterocycles. The van der Waals surface area contributed by atoms with Crippen LogP contribution in [-0.4, -0.2) is 16.7 Å². The Balaban J connectivity index is 2.06. The maximum atomic E-state index is 12.6. The van der Waals surface area contributed by atoms with Gasteiger partial charge in [0.15, 0.2) is 0 Å². The van der Waals surface area contributed by atoms with Gasteiger partial charge in [0.25, 0.3) is 17.5 Å². The van der Waals surface area contributed by atoms with Crippen LogP contribution in [0, 0.1) is 10.1 Å². The molecule has 0 aliphatic heterocycles. The van der Waals surface area contributed by atoms with E-state index in [-0.39, 0.29) is 16.8 Å². The average Bonchev–Trinajstić information content (AvgIpc) is 2.58. The van der Waals surface area contributed by atoms with Gasteiger partial charge in [-0.3, -0.25) is 30.6 Å². The van der Waals surface area contributed by atoms with E-state index in [0.717, 1.165) is 24.3 Å². The van der Waals surface area contributed by atoms with Crippen molar-refractivity contribution in [1.29, 1.82) is 0 Å². The van der Waals surface area contributed by atoms with E-state index in [1.54, 1.807) is 0 Å². The Morgan fingerprint density at radius 1 is 0.920 bits per heavy atom. The third kappa shape index (κ3) is 4.53. The second kappa shape index (κ2) is 6.99. The number of hydrazine groups is 1. The van der Waals surface area contributed by atoms with Crippen LogP contribution in [0.25, 0.3) is 0 Å². The van der Waals surface area contributed by atoms with Gasteiger partial charge in [0, 0.05) is 23.3 Å². The molecule has 0 unspecified atom stereocenters. The van der Waals surface area contributed by atoms with E-state index in [0.29, 0.717) is 6.07 Å². The quantitative estimate of drug-likeness (QED) is 0.654. The molecule has 0 aliphatic carbocycles. The van der Waals surface area contributed by atoms with Crippen molar-refractivity contribution in [3.8, 4) is 0 Å². The summed E-state index contributed by atoms with van der Waals surface area (Å²) in [4.78, 5) is 33.6. The number of alkyl halides is 3. The highest BCUT2D eigenvalue weighted by molar-refractivity contribution is 5.99. The highest BCUT2D eigenvalue weighted by atomic mass is 19.4. The summed E-state index contributed by atoms with van der Waals surface area (Å²) in [7, 11) is 0. The number of amides is 2. The summed E-state index contributed by atoms with van der Waals surface area (Å²) in [6.07, 6.45) is -4.61. The Bertz CT molecular complexity index is 837. The normalized spacial score (nSPS) is 10.8. The molecule has 0 radical (unpaired) electrons. The number of carbonyl (C=O) groups excluding carboxylic acids is 2. The molecule has 130 valence electrons. The van der Waals surface area contributed by atoms with Crippen LogP contribution in [-0.2, 0) is 6.18 Å². The molecule has 2 N–H and O–H groups in total. The van der Waals surface area contributed by atoms with Crippen molar-refractivity contribution in [3.05, 3.63) is 75.3 Å². The highest BCUT2D eigenvalue weighted by Crippen LogP contribution is 2.29. The Morgan fingerprint density at radius 2 is 1.44 bits per heavy atom. The lowest BCUT2D eigenvalue weighted by molar-refractivity contribution is -0.384. The lowest BCUT2D eigenvalue weighted by atomic mass is 10.1. The van der Waals surface area contributed by atoms with Gasteiger partial charge in [-0.1, -0.05) is 12.1 Å². The Hall–Kier alpha value is -3.43. The third-order valence-corrected chi connectivity index (χ3v) is 3.06. The summed E-state index contributed by atoms with van der Waals surface area (Å²) < 4.78 is 37.8. The van der Waals surface area contributed by atoms with Gasteiger partial charge >= 0.3 is 6.18 Å². The van der Waals surface area contributed by atoms with Gasteiger partial charge in [-0.25, -0.2) is 0 Å². The van der Waals surface area contributed by atoms with Gasteiger partial charge in [0.2, 0.25) is 0 Å². The third-order valence-electron chi connectivity index (χ3n) is 3.06. The summed E-state index contributed by atoms with van der Waals surface area (Å²) in [6, 6.07) is 8.36. The Labute approximate surface area is 138 Å². The zero-order valence-electron chi connectivity index (χ0n) is 12.3. The maximum absolute atomic E-state index is 12.6. The number of hydrogen-bond donors (Lipinski definition) is 2. The van der Waals surface area contributed by atoms with Crippen molar-refractivity contribution in [3.63, 3.8) is 0 Å². The van der Waals surface area contributed by atoms with E-state index in [9.17, 15) is 32.9 Å². The molecule has 0 saturated carbocycles. The summed E-state index contributed by atoms with van der Waals surface area (Å²) in [5.41, 5.74) is 2.19. The molecule has 0 fully saturated rings. The second-order valence-corrected chi connectivity index (χ2v) is 4.79. The predicted molar refractivity (Wildman–Crippen MR) is 79.5 cm³/mol. The van der Waals surface area contributed by atoms with E-state index in [1.165, 1.54) is 18.2 Å². The molecule has 2 aromatic rings. The number of rotatable bonds is 3. The van der Waals surface area contributed by atoms with Crippen molar-refractivity contribution in [2.45, 2.75) is 6.18 Å². The highest BCUT2D eigenvalue weighted by Gasteiger charge is 2.30. The SMILES string of the molecule is O=C(NNC(=O)c1cccc(C(F)(F)F)c1)c1cccc([N+](=O)[O-])c1. The fourth-order valence-electron chi connectivity index (χ4n) is 1.86. The van der Waals surface area contributed by atoms with Gasteiger partial charge in [0.1, 0.15) is 0 Å². The van der Waals surface area contributed by atoms with Crippen LogP contribution in [0.1, 0.15) is 26.3 Å². The average molecular weight is 353 g/mol. The van der Waals surface area contributed by atoms with E-state index < -0.39 is 28.5 Å².